The zero-order valence-corrected chi connectivity index (χ0v) is 25.0. The van der Waals surface area contributed by atoms with Crippen LogP contribution in [-0.4, -0.2) is 43.8 Å². The lowest BCUT2D eigenvalue weighted by molar-refractivity contribution is -0.141. The molecule has 5 rings (SSSR count). The molecule has 0 saturated heterocycles. The van der Waals surface area contributed by atoms with Crippen molar-refractivity contribution < 1.29 is 23.9 Å². The summed E-state index contributed by atoms with van der Waals surface area (Å²) in [7, 11) is 1.34. The van der Waals surface area contributed by atoms with Crippen LogP contribution in [0.1, 0.15) is 31.8 Å². The second-order valence-corrected chi connectivity index (χ2v) is 10.4. The van der Waals surface area contributed by atoms with Crippen LogP contribution in [0.4, 0.5) is 11.4 Å². The molecule has 0 aromatic heterocycles. The van der Waals surface area contributed by atoms with Crippen LogP contribution in [0.25, 0.3) is 10.8 Å². The summed E-state index contributed by atoms with van der Waals surface area (Å²) in [4.78, 5) is 38.6. The Morgan fingerprint density at radius 3 is 2.27 bits per heavy atom. The minimum atomic E-state index is -0.717. The van der Waals surface area contributed by atoms with Gasteiger partial charge >= 0.3 is 5.97 Å². The van der Waals surface area contributed by atoms with Crippen molar-refractivity contribution in [3.8, 4) is 5.75 Å². The molecule has 0 spiro atoms. The molecule has 1 unspecified atom stereocenters. The molecular weight excluding hydrogens is 564 g/mol. The SMILES string of the molecule is C=CC(=O)c1c(NCCOc2ccc(CC(Nc3ccccc3C(=O)c3ccccc3)C(=O)OC)cc2)ccc2ccccc12. The predicted octanol–water partition coefficient (Wildman–Crippen LogP) is 7.13. The van der Waals surface area contributed by atoms with Crippen LogP contribution in [-0.2, 0) is 16.0 Å². The highest BCUT2D eigenvalue weighted by Crippen LogP contribution is 2.27. The lowest BCUT2D eigenvalue weighted by atomic mass is 9.99. The van der Waals surface area contributed by atoms with Gasteiger partial charge in [0.1, 0.15) is 18.4 Å². The first-order valence-electron chi connectivity index (χ1n) is 14.7. The number of carbonyl (C=O) groups is 3. The number of methoxy groups -OCH3 is 1. The monoisotopic (exact) mass is 598 g/mol. The predicted molar refractivity (Wildman–Crippen MR) is 178 cm³/mol. The number of esters is 1. The normalized spacial score (nSPS) is 11.3. The summed E-state index contributed by atoms with van der Waals surface area (Å²) in [6, 6.07) is 34.6. The Hall–Kier alpha value is -5.69. The van der Waals surface area contributed by atoms with Gasteiger partial charge in [-0.1, -0.05) is 91.5 Å². The van der Waals surface area contributed by atoms with Crippen molar-refractivity contribution in [2.45, 2.75) is 12.5 Å². The van der Waals surface area contributed by atoms with Crippen LogP contribution in [0.3, 0.4) is 0 Å². The van der Waals surface area contributed by atoms with Gasteiger partial charge in [0.25, 0.3) is 0 Å². The molecule has 0 fully saturated rings. The quantitative estimate of drug-likeness (QED) is 0.0608. The third-order valence-electron chi connectivity index (χ3n) is 7.43. The Balaban J connectivity index is 1.21. The van der Waals surface area contributed by atoms with E-state index in [-0.39, 0.29) is 11.6 Å². The molecule has 45 heavy (non-hydrogen) atoms. The van der Waals surface area contributed by atoms with Gasteiger partial charge < -0.3 is 20.1 Å². The number of para-hydroxylation sites is 1. The summed E-state index contributed by atoms with van der Waals surface area (Å²) in [6.07, 6.45) is 1.67. The van der Waals surface area contributed by atoms with Crippen molar-refractivity contribution in [3.63, 3.8) is 0 Å². The highest BCUT2D eigenvalue weighted by molar-refractivity contribution is 6.17. The zero-order chi connectivity index (χ0) is 31.6. The van der Waals surface area contributed by atoms with E-state index in [0.29, 0.717) is 47.7 Å². The third kappa shape index (κ3) is 7.46. The summed E-state index contributed by atoms with van der Waals surface area (Å²) >= 11 is 0. The van der Waals surface area contributed by atoms with Gasteiger partial charge in [-0.05, 0) is 52.7 Å². The van der Waals surface area contributed by atoms with Crippen LogP contribution in [0.2, 0.25) is 0 Å². The van der Waals surface area contributed by atoms with Gasteiger partial charge in [-0.2, -0.15) is 0 Å². The molecular formula is C38H34N2O5. The van der Waals surface area contributed by atoms with Gasteiger partial charge in [-0.15, -0.1) is 0 Å². The molecule has 5 aromatic rings. The summed E-state index contributed by atoms with van der Waals surface area (Å²) in [5.41, 5.74) is 3.80. The fourth-order valence-electron chi connectivity index (χ4n) is 5.17. The lowest BCUT2D eigenvalue weighted by Gasteiger charge is -2.20. The molecule has 7 nitrogen and oxygen atoms in total. The molecule has 1 atom stereocenters. The van der Waals surface area contributed by atoms with Crippen LogP contribution in [0.15, 0.2) is 128 Å². The number of hydrogen-bond acceptors (Lipinski definition) is 7. The van der Waals surface area contributed by atoms with Crippen molar-refractivity contribution in [1.82, 2.24) is 0 Å². The lowest BCUT2D eigenvalue weighted by Crippen LogP contribution is -2.33. The van der Waals surface area contributed by atoms with Crippen LogP contribution in [0, 0.1) is 0 Å². The van der Waals surface area contributed by atoms with Crippen molar-refractivity contribution in [1.29, 1.82) is 0 Å². The van der Waals surface area contributed by atoms with Crippen molar-refractivity contribution >= 4 is 39.7 Å². The summed E-state index contributed by atoms with van der Waals surface area (Å²) in [5.74, 6) is -0.0477. The first-order valence-corrected chi connectivity index (χ1v) is 14.7. The molecule has 0 amide bonds. The Kier molecular flexibility index (Phi) is 10.0. The molecule has 0 aliphatic carbocycles. The fraction of sp³-hybridized carbons (Fsp3) is 0.132. The second kappa shape index (κ2) is 14.7. The molecule has 7 heteroatoms. The van der Waals surface area contributed by atoms with Crippen LogP contribution < -0.4 is 15.4 Å². The molecule has 0 saturated carbocycles. The first-order chi connectivity index (χ1) is 22.0. The second-order valence-electron chi connectivity index (χ2n) is 10.4. The van der Waals surface area contributed by atoms with Gasteiger partial charge in [-0.3, -0.25) is 9.59 Å². The number of ether oxygens (including phenoxy) is 2. The number of rotatable bonds is 14. The minimum Gasteiger partial charge on any atom is -0.492 e. The molecule has 0 radical (unpaired) electrons. The van der Waals surface area contributed by atoms with Crippen LogP contribution >= 0.6 is 0 Å². The first kappa shape index (κ1) is 30.8. The number of benzene rings is 5. The number of anilines is 2. The Morgan fingerprint density at radius 1 is 0.800 bits per heavy atom. The topological polar surface area (TPSA) is 93.7 Å². The summed E-state index contributed by atoms with van der Waals surface area (Å²) in [6.45, 7) is 4.50. The number of hydrogen-bond donors (Lipinski definition) is 2. The number of ketones is 2. The van der Waals surface area contributed by atoms with E-state index >= 15 is 0 Å². The largest absolute Gasteiger partial charge is 0.492 e. The maximum Gasteiger partial charge on any atom is 0.328 e. The van der Waals surface area contributed by atoms with Gasteiger partial charge in [0.2, 0.25) is 0 Å². The average molecular weight is 599 g/mol. The maximum absolute atomic E-state index is 13.2. The molecule has 0 aliphatic rings. The molecule has 5 aromatic carbocycles. The van der Waals surface area contributed by atoms with Crippen LogP contribution in [0.5, 0.6) is 5.75 Å². The fourth-order valence-corrected chi connectivity index (χ4v) is 5.17. The van der Waals surface area contributed by atoms with E-state index < -0.39 is 12.0 Å². The summed E-state index contributed by atoms with van der Waals surface area (Å²) < 4.78 is 11.0. The van der Waals surface area contributed by atoms with Gasteiger partial charge in [0.05, 0.1) is 12.7 Å². The van der Waals surface area contributed by atoms with E-state index in [0.717, 1.165) is 22.0 Å². The van der Waals surface area contributed by atoms with Gasteiger partial charge in [-0.25, -0.2) is 4.79 Å². The van der Waals surface area contributed by atoms with E-state index in [2.05, 4.69) is 17.2 Å². The molecule has 0 heterocycles. The maximum atomic E-state index is 13.2. The zero-order valence-electron chi connectivity index (χ0n) is 25.0. The highest BCUT2D eigenvalue weighted by Gasteiger charge is 2.22. The average Bonchev–Trinajstić information content (AvgIpc) is 3.09. The number of carbonyl (C=O) groups excluding carboxylic acids is 3. The third-order valence-corrected chi connectivity index (χ3v) is 7.43. The van der Waals surface area contributed by atoms with Crippen molar-refractivity contribution in [3.05, 3.63) is 150 Å². The van der Waals surface area contributed by atoms with Gasteiger partial charge in [0, 0.05) is 35.5 Å². The van der Waals surface area contributed by atoms with E-state index in [1.807, 2.05) is 84.9 Å². The van der Waals surface area contributed by atoms with E-state index in [1.165, 1.54) is 13.2 Å². The number of allylic oxidation sites excluding steroid dienone is 1. The Bertz CT molecular complexity index is 1820. The Labute approximate surface area is 262 Å². The van der Waals surface area contributed by atoms with E-state index in [9.17, 15) is 14.4 Å². The molecule has 0 bridgehead atoms. The minimum absolute atomic E-state index is 0.137. The van der Waals surface area contributed by atoms with E-state index in [1.54, 1.807) is 30.3 Å². The summed E-state index contributed by atoms with van der Waals surface area (Å²) in [5, 5.41) is 8.40. The van der Waals surface area contributed by atoms with E-state index in [4.69, 9.17) is 9.47 Å². The number of nitrogens with one attached hydrogen (secondary N) is 2. The standard InChI is InChI=1S/C38H34N2O5/c1-3-35(41)36-30-14-8-7-11-27(30)19-22-33(36)39-23-24-45-29-20-17-26(18-21-29)25-34(38(43)44-2)40-32-16-10-9-15-31(32)37(42)28-12-5-4-6-13-28/h3-22,34,39-40H,1,23-25H2,2H3. The van der Waals surface area contributed by atoms with Crippen molar-refractivity contribution in [2.24, 2.45) is 0 Å². The Morgan fingerprint density at radius 2 is 1.51 bits per heavy atom. The number of fused-ring (bicyclic) bond motifs is 1. The van der Waals surface area contributed by atoms with Gasteiger partial charge in [0.15, 0.2) is 11.6 Å². The smallest absolute Gasteiger partial charge is 0.328 e. The van der Waals surface area contributed by atoms with Crippen molar-refractivity contribution in [2.75, 3.05) is 30.9 Å². The molecule has 2 N–H and O–H groups in total. The molecule has 0 aliphatic heterocycles. The highest BCUT2D eigenvalue weighted by atomic mass is 16.5. The molecule has 226 valence electrons.